The maximum Gasteiger partial charge on any atom is 0.233 e. The zero-order valence-electron chi connectivity index (χ0n) is 11.2. The van der Waals surface area contributed by atoms with Crippen molar-refractivity contribution in [1.82, 2.24) is 5.32 Å². The molecule has 0 bridgehead atoms. The molecule has 1 heterocycles. The van der Waals surface area contributed by atoms with Crippen LogP contribution in [0.4, 0.5) is 0 Å². The smallest absolute Gasteiger partial charge is 0.233 e. The van der Waals surface area contributed by atoms with E-state index in [9.17, 15) is 4.79 Å². The summed E-state index contributed by atoms with van der Waals surface area (Å²) < 4.78 is 5.16. The highest BCUT2D eigenvalue weighted by atomic mass is 32.2. The highest BCUT2D eigenvalue weighted by molar-refractivity contribution is 8.00. The number of rotatable bonds is 6. The van der Waals surface area contributed by atoms with Gasteiger partial charge in [-0.05, 0) is 36.8 Å². The molecule has 1 unspecified atom stereocenters. The Bertz CT molecular complexity index is 554. The molecule has 0 spiro atoms. The number of aliphatic hydroxyl groups is 1. The van der Waals surface area contributed by atoms with E-state index >= 15 is 0 Å². The normalized spacial score (nSPS) is 12.1. The second kappa shape index (κ2) is 7.17. The van der Waals surface area contributed by atoms with E-state index in [2.05, 4.69) is 5.32 Å². The van der Waals surface area contributed by atoms with E-state index in [1.54, 1.807) is 12.3 Å². The van der Waals surface area contributed by atoms with Crippen LogP contribution in [0, 0.1) is 0 Å². The molecule has 4 nitrogen and oxygen atoms in total. The van der Waals surface area contributed by atoms with Crippen LogP contribution in [0.25, 0.3) is 0 Å². The van der Waals surface area contributed by atoms with Gasteiger partial charge in [0.2, 0.25) is 5.91 Å². The number of nitrogens with one attached hydrogen (secondary N) is 1. The molecule has 0 saturated carbocycles. The Morgan fingerprint density at radius 3 is 2.95 bits per heavy atom. The van der Waals surface area contributed by atoms with Gasteiger partial charge in [0.25, 0.3) is 0 Å². The van der Waals surface area contributed by atoms with Crippen LogP contribution in [0.5, 0.6) is 0 Å². The van der Waals surface area contributed by atoms with Crippen molar-refractivity contribution < 1.29 is 14.3 Å². The SMILES string of the molecule is CC(Sc1cccc(CO)c1)C(=O)NCc1ccco1. The van der Waals surface area contributed by atoms with Gasteiger partial charge < -0.3 is 14.8 Å². The molecule has 1 aromatic carbocycles. The van der Waals surface area contributed by atoms with Crippen LogP contribution in [-0.4, -0.2) is 16.3 Å². The Labute approximate surface area is 122 Å². The molecular formula is C15H17NO3S. The lowest BCUT2D eigenvalue weighted by molar-refractivity contribution is -0.120. The van der Waals surface area contributed by atoms with E-state index in [1.807, 2.05) is 37.3 Å². The molecule has 0 aliphatic rings. The Morgan fingerprint density at radius 2 is 2.25 bits per heavy atom. The Kier molecular flexibility index (Phi) is 5.26. The second-order valence-corrected chi connectivity index (χ2v) is 5.78. The number of carbonyl (C=O) groups excluding carboxylic acids is 1. The topological polar surface area (TPSA) is 62.5 Å². The van der Waals surface area contributed by atoms with Crippen LogP contribution in [0.15, 0.2) is 52.0 Å². The summed E-state index contributed by atoms with van der Waals surface area (Å²) in [5.74, 6) is 0.693. The zero-order valence-corrected chi connectivity index (χ0v) is 12.0. The van der Waals surface area contributed by atoms with Crippen molar-refractivity contribution in [2.75, 3.05) is 0 Å². The summed E-state index contributed by atoms with van der Waals surface area (Å²) in [6, 6.07) is 11.2. The number of aliphatic hydroxyl groups excluding tert-OH is 1. The quantitative estimate of drug-likeness (QED) is 0.803. The minimum Gasteiger partial charge on any atom is -0.467 e. The maximum atomic E-state index is 12.0. The van der Waals surface area contributed by atoms with Crippen molar-refractivity contribution in [3.05, 3.63) is 54.0 Å². The number of carbonyl (C=O) groups is 1. The first-order valence-electron chi connectivity index (χ1n) is 6.35. The summed E-state index contributed by atoms with van der Waals surface area (Å²) in [5, 5.41) is 11.7. The van der Waals surface area contributed by atoms with Gasteiger partial charge in [0.15, 0.2) is 0 Å². The minimum atomic E-state index is -0.209. The predicted molar refractivity (Wildman–Crippen MR) is 78.2 cm³/mol. The number of furan rings is 1. The molecule has 0 saturated heterocycles. The van der Waals surface area contributed by atoms with Crippen LogP contribution in [0.3, 0.4) is 0 Å². The van der Waals surface area contributed by atoms with Gasteiger partial charge in [-0.2, -0.15) is 0 Å². The average molecular weight is 291 g/mol. The van der Waals surface area contributed by atoms with Gasteiger partial charge in [-0.25, -0.2) is 0 Å². The Morgan fingerprint density at radius 1 is 1.40 bits per heavy atom. The van der Waals surface area contributed by atoms with Crippen LogP contribution >= 0.6 is 11.8 Å². The molecule has 0 fully saturated rings. The van der Waals surface area contributed by atoms with E-state index in [1.165, 1.54) is 11.8 Å². The molecule has 1 atom stereocenters. The summed E-state index contributed by atoms with van der Waals surface area (Å²) in [6.07, 6.45) is 1.58. The molecule has 1 amide bonds. The molecule has 106 valence electrons. The number of hydrogen-bond donors (Lipinski definition) is 2. The zero-order chi connectivity index (χ0) is 14.4. The van der Waals surface area contributed by atoms with Gasteiger partial charge in [-0.3, -0.25) is 4.79 Å². The summed E-state index contributed by atoms with van der Waals surface area (Å²) in [6.45, 7) is 2.26. The monoisotopic (exact) mass is 291 g/mol. The Balaban J connectivity index is 1.86. The van der Waals surface area contributed by atoms with E-state index in [4.69, 9.17) is 9.52 Å². The largest absolute Gasteiger partial charge is 0.467 e. The van der Waals surface area contributed by atoms with Crippen LogP contribution < -0.4 is 5.32 Å². The molecule has 5 heteroatoms. The van der Waals surface area contributed by atoms with Crippen LogP contribution in [0.1, 0.15) is 18.2 Å². The van der Waals surface area contributed by atoms with E-state index in [-0.39, 0.29) is 17.8 Å². The van der Waals surface area contributed by atoms with Crippen LogP contribution in [-0.2, 0) is 17.9 Å². The fraction of sp³-hybridized carbons (Fsp3) is 0.267. The van der Waals surface area contributed by atoms with Crippen LogP contribution in [0.2, 0.25) is 0 Å². The van der Waals surface area contributed by atoms with Gasteiger partial charge in [-0.1, -0.05) is 12.1 Å². The third kappa shape index (κ3) is 4.15. The highest BCUT2D eigenvalue weighted by Gasteiger charge is 2.14. The van der Waals surface area contributed by atoms with Crippen molar-refractivity contribution in [3.63, 3.8) is 0 Å². The van der Waals surface area contributed by atoms with E-state index in [0.717, 1.165) is 16.2 Å². The number of benzene rings is 1. The number of thioether (sulfide) groups is 1. The van der Waals surface area contributed by atoms with E-state index in [0.29, 0.717) is 6.54 Å². The molecule has 2 rings (SSSR count). The van der Waals surface area contributed by atoms with Crippen molar-refractivity contribution in [2.24, 2.45) is 0 Å². The average Bonchev–Trinajstić information content (AvgIpc) is 2.98. The first-order chi connectivity index (χ1) is 9.69. The van der Waals surface area contributed by atoms with Gasteiger partial charge in [0, 0.05) is 4.90 Å². The Hall–Kier alpha value is -1.72. The van der Waals surface area contributed by atoms with Gasteiger partial charge >= 0.3 is 0 Å². The lowest BCUT2D eigenvalue weighted by Gasteiger charge is -2.11. The minimum absolute atomic E-state index is 0.00741. The highest BCUT2D eigenvalue weighted by Crippen LogP contribution is 2.24. The molecule has 0 aliphatic heterocycles. The van der Waals surface area contributed by atoms with Gasteiger partial charge in [0.05, 0.1) is 24.7 Å². The molecule has 2 aromatic rings. The van der Waals surface area contributed by atoms with Crippen molar-refractivity contribution in [1.29, 1.82) is 0 Å². The van der Waals surface area contributed by atoms with E-state index < -0.39 is 0 Å². The van der Waals surface area contributed by atoms with Gasteiger partial charge in [-0.15, -0.1) is 11.8 Å². The molecule has 0 aliphatic carbocycles. The fourth-order valence-electron chi connectivity index (χ4n) is 1.71. The fourth-order valence-corrected chi connectivity index (χ4v) is 2.68. The number of hydrogen-bond acceptors (Lipinski definition) is 4. The third-order valence-corrected chi connectivity index (χ3v) is 3.87. The summed E-state index contributed by atoms with van der Waals surface area (Å²) in [7, 11) is 0. The maximum absolute atomic E-state index is 12.0. The lowest BCUT2D eigenvalue weighted by Crippen LogP contribution is -2.30. The third-order valence-electron chi connectivity index (χ3n) is 2.78. The first-order valence-corrected chi connectivity index (χ1v) is 7.23. The second-order valence-electron chi connectivity index (χ2n) is 4.36. The molecule has 2 N–H and O–H groups in total. The lowest BCUT2D eigenvalue weighted by atomic mass is 10.2. The standard InChI is InChI=1S/C15H17NO3S/c1-11(15(18)16-9-13-5-3-7-19-13)20-14-6-2-4-12(8-14)10-17/h2-8,11,17H,9-10H2,1H3,(H,16,18). The number of amides is 1. The predicted octanol–water partition coefficient (Wildman–Crippen LogP) is 2.57. The van der Waals surface area contributed by atoms with Crippen molar-refractivity contribution >= 4 is 17.7 Å². The molecule has 0 radical (unpaired) electrons. The summed E-state index contributed by atoms with van der Waals surface area (Å²) in [4.78, 5) is 12.9. The summed E-state index contributed by atoms with van der Waals surface area (Å²) >= 11 is 1.46. The molecule has 20 heavy (non-hydrogen) atoms. The molecular weight excluding hydrogens is 274 g/mol. The van der Waals surface area contributed by atoms with Gasteiger partial charge in [0.1, 0.15) is 5.76 Å². The van der Waals surface area contributed by atoms with Crippen molar-refractivity contribution in [2.45, 2.75) is 30.2 Å². The molecule has 1 aromatic heterocycles. The summed E-state index contributed by atoms with van der Waals surface area (Å²) in [5.41, 5.74) is 0.846. The van der Waals surface area contributed by atoms with Crippen molar-refractivity contribution in [3.8, 4) is 0 Å². The first kappa shape index (κ1) is 14.7.